The smallest absolute Gasteiger partial charge is 0.0627 e. The molecule has 1 aliphatic carbocycles. The van der Waals surface area contributed by atoms with Crippen LogP contribution in [0, 0.1) is 6.08 Å². The van der Waals surface area contributed by atoms with Gasteiger partial charge in [0, 0.05) is 24.3 Å². The van der Waals surface area contributed by atoms with E-state index in [1.165, 1.54) is 5.20 Å². The van der Waals surface area contributed by atoms with Crippen molar-refractivity contribution in [3.8, 4) is 0 Å². The van der Waals surface area contributed by atoms with Gasteiger partial charge in [-0.05, 0) is 0 Å². The van der Waals surface area contributed by atoms with Crippen LogP contribution in [0.25, 0.3) is 0 Å². The minimum atomic E-state index is -1.09. The molecule has 0 unspecified atom stereocenters. The normalized spacial score (nSPS) is 16.5. The fourth-order valence-corrected chi connectivity index (χ4v) is 1.97. The van der Waals surface area contributed by atoms with E-state index < -0.39 is 8.07 Å². The third-order valence-electron chi connectivity index (χ3n) is 1.52. The summed E-state index contributed by atoms with van der Waals surface area (Å²) in [5, 5.41) is 1.41. The van der Waals surface area contributed by atoms with Crippen molar-refractivity contribution < 1.29 is 0 Å². The van der Waals surface area contributed by atoms with Crippen LogP contribution in [-0.2, 0) is 0 Å². The minimum Gasteiger partial charge on any atom is -0.0627 e. The maximum absolute atomic E-state index is 3.27. The first-order valence-electron chi connectivity index (χ1n) is 3.58. The van der Waals surface area contributed by atoms with E-state index in [1.54, 1.807) is 0 Å². The summed E-state index contributed by atoms with van der Waals surface area (Å²) >= 11 is 0. The van der Waals surface area contributed by atoms with Gasteiger partial charge in [-0.1, -0.05) is 19.6 Å². The SMILES string of the molecule is C[Si](C)(C)C1=CC=CC=[C+]1. The molecule has 0 N–H and O–H groups in total. The number of hydrogen-bond acceptors (Lipinski definition) is 0. The second-order valence-corrected chi connectivity index (χ2v) is 8.56. The quantitative estimate of drug-likeness (QED) is 0.397. The van der Waals surface area contributed by atoms with Crippen molar-refractivity contribution in [2.75, 3.05) is 0 Å². The third-order valence-corrected chi connectivity index (χ3v) is 3.44. The molecule has 1 rings (SSSR count). The van der Waals surface area contributed by atoms with Gasteiger partial charge in [-0.2, -0.15) is 0 Å². The standard InChI is InChI=1S/C9H13Si/c1-10(2,3)9-7-5-4-6-8-9/h4-7H,1-3H3/q+1. The van der Waals surface area contributed by atoms with E-state index in [2.05, 4.69) is 37.9 Å². The monoisotopic (exact) mass is 149 g/mol. The molecule has 0 nitrogen and oxygen atoms in total. The van der Waals surface area contributed by atoms with Crippen molar-refractivity contribution >= 4 is 8.07 Å². The molecule has 0 aliphatic heterocycles. The molecule has 0 atom stereocenters. The first-order valence-corrected chi connectivity index (χ1v) is 7.08. The van der Waals surface area contributed by atoms with Gasteiger partial charge in [-0.15, -0.1) is 0 Å². The zero-order valence-corrected chi connectivity index (χ0v) is 7.81. The summed E-state index contributed by atoms with van der Waals surface area (Å²) in [5.41, 5.74) is 0. The lowest BCUT2D eigenvalue weighted by molar-refractivity contribution is 1.58. The van der Waals surface area contributed by atoms with Gasteiger partial charge in [-0.25, -0.2) is 0 Å². The van der Waals surface area contributed by atoms with Gasteiger partial charge in [0.25, 0.3) is 0 Å². The Balaban J connectivity index is 2.85. The molecule has 10 heavy (non-hydrogen) atoms. The van der Waals surface area contributed by atoms with Crippen LogP contribution in [0.1, 0.15) is 0 Å². The fraction of sp³-hybridized carbons (Fsp3) is 0.333. The maximum Gasteiger partial charge on any atom is 0.124 e. The van der Waals surface area contributed by atoms with E-state index in [1.807, 2.05) is 12.2 Å². The van der Waals surface area contributed by atoms with E-state index in [-0.39, 0.29) is 0 Å². The van der Waals surface area contributed by atoms with Crippen molar-refractivity contribution in [1.29, 1.82) is 0 Å². The minimum absolute atomic E-state index is 1.09. The van der Waals surface area contributed by atoms with Crippen LogP contribution in [0.3, 0.4) is 0 Å². The van der Waals surface area contributed by atoms with Gasteiger partial charge in [0.15, 0.2) is 0 Å². The van der Waals surface area contributed by atoms with Crippen LogP contribution >= 0.6 is 0 Å². The molecular weight excluding hydrogens is 136 g/mol. The maximum atomic E-state index is 3.27. The molecule has 0 bridgehead atoms. The van der Waals surface area contributed by atoms with Crippen molar-refractivity contribution in [2.24, 2.45) is 0 Å². The molecule has 52 valence electrons. The molecule has 0 heterocycles. The highest BCUT2D eigenvalue weighted by atomic mass is 28.3. The molecule has 0 fully saturated rings. The third kappa shape index (κ3) is 1.66. The van der Waals surface area contributed by atoms with Crippen LogP contribution in [0.5, 0.6) is 0 Å². The average molecular weight is 149 g/mol. The van der Waals surface area contributed by atoms with E-state index in [4.69, 9.17) is 0 Å². The van der Waals surface area contributed by atoms with Gasteiger partial charge in [0.1, 0.15) is 14.1 Å². The van der Waals surface area contributed by atoms with Crippen LogP contribution in [0.15, 0.2) is 29.5 Å². The Hall–Kier alpha value is -0.653. The highest BCUT2D eigenvalue weighted by molar-refractivity contribution is 6.83. The summed E-state index contributed by atoms with van der Waals surface area (Å²) in [6, 6.07) is 0. The lowest BCUT2D eigenvalue weighted by Gasteiger charge is -2.10. The largest absolute Gasteiger partial charge is 0.124 e. The highest BCUT2D eigenvalue weighted by Gasteiger charge is 2.23. The van der Waals surface area contributed by atoms with Crippen LogP contribution in [0.4, 0.5) is 0 Å². The predicted molar refractivity (Wildman–Crippen MR) is 48.4 cm³/mol. The molecule has 0 aromatic rings. The fourth-order valence-electron chi connectivity index (χ4n) is 0.860. The molecule has 0 saturated heterocycles. The Morgan fingerprint density at radius 3 is 2.20 bits per heavy atom. The zero-order valence-electron chi connectivity index (χ0n) is 6.81. The van der Waals surface area contributed by atoms with Crippen molar-refractivity contribution in [2.45, 2.75) is 19.6 Å². The molecular formula is C9H13Si+. The molecule has 0 saturated carbocycles. The Kier molecular flexibility index (Phi) is 1.89. The van der Waals surface area contributed by atoms with Gasteiger partial charge in [0.05, 0.1) is 5.20 Å². The Morgan fingerprint density at radius 2 is 1.90 bits per heavy atom. The molecule has 1 aliphatic rings. The Bertz CT molecular complexity index is 201. The van der Waals surface area contributed by atoms with E-state index in [9.17, 15) is 0 Å². The van der Waals surface area contributed by atoms with Gasteiger partial charge in [-0.3, -0.25) is 0 Å². The summed E-state index contributed by atoms with van der Waals surface area (Å²) in [6.07, 6.45) is 11.5. The summed E-state index contributed by atoms with van der Waals surface area (Å²) in [7, 11) is -1.09. The van der Waals surface area contributed by atoms with Gasteiger partial charge in [0.2, 0.25) is 0 Å². The van der Waals surface area contributed by atoms with Gasteiger partial charge < -0.3 is 0 Å². The van der Waals surface area contributed by atoms with E-state index in [0.29, 0.717) is 0 Å². The van der Waals surface area contributed by atoms with Crippen molar-refractivity contribution in [3.05, 3.63) is 35.6 Å². The topological polar surface area (TPSA) is 0 Å². The molecule has 0 spiro atoms. The van der Waals surface area contributed by atoms with Crippen molar-refractivity contribution in [1.82, 2.24) is 0 Å². The summed E-state index contributed by atoms with van der Waals surface area (Å²) in [4.78, 5) is 0. The van der Waals surface area contributed by atoms with Crippen LogP contribution in [0.2, 0.25) is 19.6 Å². The van der Waals surface area contributed by atoms with Crippen molar-refractivity contribution in [3.63, 3.8) is 0 Å². The summed E-state index contributed by atoms with van der Waals surface area (Å²) < 4.78 is 0. The van der Waals surface area contributed by atoms with Gasteiger partial charge >= 0.3 is 0 Å². The number of hydrogen-bond donors (Lipinski definition) is 0. The Morgan fingerprint density at radius 1 is 1.20 bits per heavy atom. The van der Waals surface area contributed by atoms with E-state index >= 15 is 0 Å². The average Bonchev–Trinajstić information content (AvgIpc) is 1.88. The lowest BCUT2D eigenvalue weighted by atomic mass is 10.3. The van der Waals surface area contributed by atoms with Crippen LogP contribution < -0.4 is 0 Å². The first-order chi connectivity index (χ1) is 4.61. The summed E-state index contributed by atoms with van der Waals surface area (Å²) in [6.45, 7) is 7.00. The van der Waals surface area contributed by atoms with E-state index in [0.717, 1.165) is 0 Å². The lowest BCUT2D eigenvalue weighted by Crippen LogP contribution is -2.23. The van der Waals surface area contributed by atoms with Crippen LogP contribution in [-0.4, -0.2) is 8.07 Å². The summed E-state index contributed by atoms with van der Waals surface area (Å²) in [5.74, 6) is 0. The molecule has 1 heteroatoms. The first kappa shape index (κ1) is 7.45. The number of rotatable bonds is 1. The molecule has 0 aromatic carbocycles. The predicted octanol–water partition coefficient (Wildman–Crippen LogP) is 2.72. The molecule has 0 amide bonds. The zero-order chi connectivity index (χ0) is 7.61. The second-order valence-electron chi connectivity index (χ2n) is 3.53. The molecule has 0 radical (unpaired) electrons. The Labute approximate surface area is 64.0 Å². The molecule has 0 aromatic heterocycles. The number of allylic oxidation sites excluding steroid dienone is 6. The second kappa shape index (κ2) is 2.53. The highest BCUT2D eigenvalue weighted by Crippen LogP contribution is 2.16.